The molecule has 0 aliphatic carbocycles. The predicted molar refractivity (Wildman–Crippen MR) is 141 cm³/mol. The molecule has 1 N–H and O–H groups in total. The Morgan fingerprint density at radius 1 is 0.829 bits per heavy atom. The first-order chi connectivity index (χ1) is 17.2. The number of amides is 1. The molecule has 0 atom stereocenters. The number of fused-ring (bicyclic) bond motifs is 3. The number of aromatic nitrogens is 1. The lowest BCUT2D eigenvalue weighted by atomic mass is 10.1. The second kappa shape index (κ2) is 11.3. The fraction of sp³-hybridized carbons (Fsp3) is 0.483. The van der Waals surface area contributed by atoms with Crippen LogP contribution in [0.3, 0.4) is 0 Å². The van der Waals surface area contributed by atoms with Gasteiger partial charge in [0.2, 0.25) is 0 Å². The summed E-state index contributed by atoms with van der Waals surface area (Å²) in [4.78, 5) is 17.4. The van der Waals surface area contributed by atoms with Gasteiger partial charge in [-0.25, -0.2) is 4.39 Å². The van der Waals surface area contributed by atoms with Crippen LogP contribution in [0.25, 0.3) is 10.9 Å². The molecule has 3 heterocycles. The average molecular weight is 477 g/mol. The van der Waals surface area contributed by atoms with Gasteiger partial charge in [-0.1, -0.05) is 49.6 Å². The van der Waals surface area contributed by atoms with Gasteiger partial charge in [-0.2, -0.15) is 0 Å². The minimum atomic E-state index is -0.117. The molecule has 2 aliphatic rings. The monoisotopic (exact) mass is 476 g/mol. The molecule has 186 valence electrons. The molecule has 1 amide bonds. The highest BCUT2D eigenvalue weighted by molar-refractivity contribution is 6.08. The molecule has 1 saturated heterocycles. The Balaban J connectivity index is 1.04. The van der Waals surface area contributed by atoms with E-state index in [1.807, 2.05) is 18.2 Å². The van der Waals surface area contributed by atoms with Crippen molar-refractivity contribution in [1.82, 2.24) is 14.8 Å². The van der Waals surface area contributed by atoms with Gasteiger partial charge in [-0.05, 0) is 50.4 Å². The Labute approximate surface area is 207 Å². The van der Waals surface area contributed by atoms with E-state index in [-0.39, 0.29) is 11.7 Å². The maximum Gasteiger partial charge on any atom is 0.253 e. The van der Waals surface area contributed by atoms with Gasteiger partial charge in [0.05, 0.1) is 11.3 Å². The zero-order valence-electron chi connectivity index (χ0n) is 20.6. The van der Waals surface area contributed by atoms with Gasteiger partial charge in [-0.3, -0.25) is 9.69 Å². The van der Waals surface area contributed by atoms with Gasteiger partial charge >= 0.3 is 0 Å². The molecule has 0 saturated carbocycles. The molecule has 2 aliphatic heterocycles. The maximum absolute atomic E-state index is 14.0. The summed E-state index contributed by atoms with van der Waals surface area (Å²) in [6, 6.07) is 15.5. The molecule has 0 radical (unpaired) electrons. The minimum absolute atomic E-state index is 0.0854. The van der Waals surface area contributed by atoms with E-state index >= 15 is 0 Å². The van der Waals surface area contributed by atoms with Crippen molar-refractivity contribution >= 4 is 22.5 Å². The van der Waals surface area contributed by atoms with E-state index < -0.39 is 0 Å². The van der Waals surface area contributed by atoms with Crippen LogP contribution < -0.4 is 10.2 Å². The van der Waals surface area contributed by atoms with E-state index in [0.717, 1.165) is 81.7 Å². The minimum Gasteiger partial charge on any atom is -0.367 e. The second-order valence-corrected chi connectivity index (χ2v) is 9.90. The van der Waals surface area contributed by atoms with Gasteiger partial charge in [0, 0.05) is 55.9 Å². The Bertz CT molecular complexity index is 1150. The van der Waals surface area contributed by atoms with Crippen LogP contribution in [-0.2, 0) is 13.0 Å². The Hall–Kier alpha value is -2.86. The third-order valence-corrected chi connectivity index (χ3v) is 7.60. The van der Waals surface area contributed by atoms with E-state index in [4.69, 9.17) is 0 Å². The third kappa shape index (κ3) is 5.37. The standard InChI is InChI=1S/C29H37FN4O/c30-24-12-5-7-14-26(24)33-21-19-32(20-22-33)17-8-2-1-3-9-18-34-25-13-6-4-11-23(25)28-27(34)15-10-16-31-29(28)35/h4-7,11-14H,1-3,8-10,15-22H2,(H,31,35). The normalized spacial score (nSPS) is 16.8. The SMILES string of the molecule is O=C1NCCCc2c1c1ccccc1n2CCCCCCCN1CCN(c2ccccc2F)CC1. The van der Waals surface area contributed by atoms with Crippen molar-refractivity contribution in [2.75, 3.05) is 44.2 Å². The molecule has 1 fully saturated rings. The number of hydrogen-bond donors (Lipinski definition) is 1. The average Bonchev–Trinajstić information content (AvgIpc) is 3.07. The first kappa shape index (κ1) is 23.9. The number of carbonyl (C=O) groups excluding carboxylic acids is 1. The summed E-state index contributed by atoms with van der Waals surface area (Å²) in [7, 11) is 0. The summed E-state index contributed by atoms with van der Waals surface area (Å²) in [5.74, 6) is -0.0321. The molecule has 35 heavy (non-hydrogen) atoms. The van der Waals surface area contributed by atoms with Crippen molar-refractivity contribution in [3.05, 3.63) is 65.6 Å². The van der Waals surface area contributed by atoms with E-state index in [2.05, 4.69) is 37.9 Å². The molecule has 0 bridgehead atoms. The van der Waals surface area contributed by atoms with Crippen molar-refractivity contribution in [3.8, 4) is 0 Å². The van der Waals surface area contributed by atoms with Gasteiger partial charge < -0.3 is 14.8 Å². The lowest BCUT2D eigenvalue weighted by Crippen LogP contribution is -2.46. The van der Waals surface area contributed by atoms with E-state index in [1.165, 1.54) is 36.9 Å². The number of para-hydroxylation sites is 2. The Morgan fingerprint density at radius 2 is 1.54 bits per heavy atom. The first-order valence-corrected chi connectivity index (χ1v) is 13.3. The predicted octanol–water partition coefficient (Wildman–Crippen LogP) is 5.23. The summed E-state index contributed by atoms with van der Waals surface area (Å²) in [6.45, 7) is 6.70. The number of piperazine rings is 1. The van der Waals surface area contributed by atoms with Crippen molar-refractivity contribution in [2.24, 2.45) is 0 Å². The van der Waals surface area contributed by atoms with E-state index in [0.29, 0.717) is 0 Å². The molecule has 0 spiro atoms. The summed E-state index contributed by atoms with van der Waals surface area (Å²) in [5, 5.41) is 4.16. The number of halogens is 1. The molecule has 5 rings (SSSR count). The number of unbranched alkanes of at least 4 members (excludes halogenated alkanes) is 4. The van der Waals surface area contributed by atoms with Crippen LogP contribution in [0.2, 0.25) is 0 Å². The topological polar surface area (TPSA) is 40.5 Å². The van der Waals surface area contributed by atoms with Crippen LogP contribution in [0.15, 0.2) is 48.5 Å². The summed E-state index contributed by atoms with van der Waals surface area (Å²) < 4.78 is 16.4. The van der Waals surface area contributed by atoms with Crippen molar-refractivity contribution in [2.45, 2.75) is 51.5 Å². The summed E-state index contributed by atoms with van der Waals surface area (Å²) in [6.07, 6.45) is 8.05. The Kier molecular flexibility index (Phi) is 7.67. The highest BCUT2D eigenvalue weighted by Crippen LogP contribution is 2.29. The number of carbonyl (C=O) groups is 1. The highest BCUT2D eigenvalue weighted by atomic mass is 19.1. The van der Waals surface area contributed by atoms with Crippen molar-refractivity contribution in [3.63, 3.8) is 0 Å². The lowest BCUT2D eigenvalue weighted by Gasteiger charge is -2.36. The number of aryl methyl sites for hydroxylation is 1. The molecule has 1 aromatic heterocycles. The molecule has 0 unspecified atom stereocenters. The number of nitrogens with one attached hydrogen (secondary N) is 1. The number of anilines is 1. The smallest absolute Gasteiger partial charge is 0.253 e. The lowest BCUT2D eigenvalue weighted by molar-refractivity contribution is 0.0957. The molecule has 6 heteroatoms. The summed E-state index contributed by atoms with van der Waals surface area (Å²) in [5.41, 5.74) is 4.05. The van der Waals surface area contributed by atoms with Gasteiger partial charge in [0.1, 0.15) is 5.82 Å². The quantitative estimate of drug-likeness (QED) is 0.430. The number of benzene rings is 2. The van der Waals surface area contributed by atoms with E-state index in [1.54, 1.807) is 12.1 Å². The van der Waals surface area contributed by atoms with Crippen LogP contribution >= 0.6 is 0 Å². The largest absolute Gasteiger partial charge is 0.367 e. The fourth-order valence-electron chi connectivity index (χ4n) is 5.73. The molecule has 5 nitrogen and oxygen atoms in total. The van der Waals surface area contributed by atoms with Crippen molar-refractivity contribution in [1.29, 1.82) is 0 Å². The Morgan fingerprint density at radius 3 is 2.37 bits per heavy atom. The van der Waals surface area contributed by atoms with Crippen LogP contribution in [-0.4, -0.2) is 54.6 Å². The number of nitrogens with zero attached hydrogens (tertiary/aromatic N) is 3. The summed E-state index contributed by atoms with van der Waals surface area (Å²) >= 11 is 0. The first-order valence-electron chi connectivity index (χ1n) is 13.3. The van der Waals surface area contributed by atoms with Gasteiger partial charge in [0.15, 0.2) is 0 Å². The molecular formula is C29H37FN4O. The van der Waals surface area contributed by atoms with Gasteiger partial charge in [0.25, 0.3) is 5.91 Å². The van der Waals surface area contributed by atoms with Crippen molar-refractivity contribution < 1.29 is 9.18 Å². The molecule has 2 aromatic carbocycles. The van der Waals surface area contributed by atoms with Crippen LogP contribution in [0, 0.1) is 5.82 Å². The zero-order chi connectivity index (χ0) is 24.0. The highest BCUT2D eigenvalue weighted by Gasteiger charge is 2.24. The number of rotatable bonds is 9. The zero-order valence-corrected chi connectivity index (χ0v) is 20.6. The fourth-order valence-corrected chi connectivity index (χ4v) is 5.73. The third-order valence-electron chi connectivity index (χ3n) is 7.60. The molecular weight excluding hydrogens is 439 g/mol. The number of hydrogen-bond acceptors (Lipinski definition) is 3. The molecule has 3 aromatic rings. The van der Waals surface area contributed by atoms with Crippen LogP contribution in [0.4, 0.5) is 10.1 Å². The van der Waals surface area contributed by atoms with Crippen LogP contribution in [0.1, 0.15) is 54.6 Å². The van der Waals surface area contributed by atoms with Gasteiger partial charge in [-0.15, -0.1) is 0 Å². The second-order valence-electron chi connectivity index (χ2n) is 9.90. The van der Waals surface area contributed by atoms with E-state index in [9.17, 15) is 9.18 Å². The maximum atomic E-state index is 14.0. The van der Waals surface area contributed by atoms with Crippen LogP contribution in [0.5, 0.6) is 0 Å².